The van der Waals surface area contributed by atoms with Gasteiger partial charge >= 0.3 is 0 Å². The summed E-state index contributed by atoms with van der Waals surface area (Å²) in [4.78, 5) is 24.3. The Balaban J connectivity index is 1.45. The van der Waals surface area contributed by atoms with Gasteiger partial charge in [0.1, 0.15) is 5.82 Å². The van der Waals surface area contributed by atoms with Crippen LogP contribution in [0.4, 0.5) is 17.2 Å². The zero-order valence-electron chi connectivity index (χ0n) is 29.6. The van der Waals surface area contributed by atoms with Crippen molar-refractivity contribution in [3.05, 3.63) is 182 Å². The van der Waals surface area contributed by atoms with Crippen LogP contribution in [-0.4, -0.2) is 26.2 Å². The molecule has 0 spiro atoms. The lowest BCUT2D eigenvalue weighted by Crippen LogP contribution is -2.16. The Morgan fingerprint density at radius 1 is 0.472 bits per heavy atom. The van der Waals surface area contributed by atoms with E-state index in [0.717, 1.165) is 67.5 Å². The molecule has 0 atom stereocenters. The maximum Gasteiger partial charge on any atom is 0.167 e. The predicted molar refractivity (Wildman–Crippen MR) is 221 cm³/mol. The number of benzene rings is 6. The monoisotopic (exact) mass is 703 g/mol. The van der Waals surface area contributed by atoms with Crippen molar-refractivity contribution < 1.29 is 0 Å². The van der Waals surface area contributed by atoms with Crippen LogP contribution >= 0.6 is 11.8 Å². The van der Waals surface area contributed by atoms with Gasteiger partial charge in [-0.1, -0.05) is 153 Å². The Labute approximate surface area is 315 Å². The van der Waals surface area contributed by atoms with Crippen LogP contribution in [0.1, 0.15) is 12.5 Å². The van der Waals surface area contributed by atoms with Gasteiger partial charge in [-0.05, 0) is 59.2 Å². The first-order chi connectivity index (χ1) is 26.2. The zero-order valence-corrected chi connectivity index (χ0v) is 30.4. The molecule has 8 aromatic rings. The highest BCUT2D eigenvalue weighted by atomic mass is 32.2. The van der Waals surface area contributed by atoms with Crippen molar-refractivity contribution in [1.29, 1.82) is 0 Å². The van der Waals surface area contributed by atoms with Gasteiger partial charge in [0.25, 0.3) is 0 Å². The predicted octanol–water partition coefficient (Wildman–Crippen LogP) is 12.4. The van der Waals surface area contributed by atoms with Crippen LogP contribution in [0, 0.1) is 0 Å². The van der Waals surface area contributed by atoms with Crippen molar-refractivity contribution >= 4 is 29.0 Å². The van der Waals surface area contributed by atoms with Gasteiger partial charge in [0.15, 0.2) is 17.5 Å². The molecule has 0 aliphatic heterocycles. The number of anilines is 3. The van der Waals surface area contributed by atoms with Crippen LogP contribution < -0.4 is 4.90 Å². The summed E-state index contributed by atoms with van der Waals surface area (Å²) in [5, 5.41) is 0. The van der Waals surface area contributed by atoms with E-state index in [9.17, 15) is 0 Å². The summed E-state index contributed by atoms with van der Waals surface area (Å²) in [6, 6.07) is 58.5. The molecule has 5 nitrogen and oxygen atoms in total. The number of para-hydroxylation sites is 2. The molecule has 8 rings (SSSR count). The van der Waals surface area contributed by atoms with Gasteiger partial charge in [-0.25, -0.2) is 19.9 Å². The van der Waals surface area contributed by atoms with Gasteiger partial charge in [-0.2, -0.15) is 0 Å². The van der Waals surface area contributed by atoms with Crippen molar-refractivity contribution in [2.24, 2.45) is 0 Å². The maximum atomic E-state index is 5.39. The molecule has 0 bridgehead atoms. The van der Waals surface area contributed by atoms with Gasteiger partial charge in [-0.15, -0.1) is 11.8 Å². The fourth-order valence-corrected chi connectivity index (χ4v) is 7.26. The number of aromatic nitrogens is 4. The second-order valence-electron chi connectivity index (χ2n) is 12.5. The van der Waals surface area contributed by atoms with Crippen molar-refractivity contribution in [2.75, 3.05) is 11.2 Å². The number of aryl methyl sites for hydroxylation is 1. The van der Waals surface area contributed by atoms with Crippen molar-refractivity contribution in [2.45, 2.75) is 18.2 Å². The molecule has 0 radical (unpaired) electrons. The summed E-state index contributed by atoms with van der Waals surface area (Å²) in [5.74, 6) is 2.47. The Kier molecular flexibility index (Phi) is 9.86. The smallest absolute Gasteiger partial charge is 0.167 e. The molecular weight excluding hydrogens is 667 g/mol. The van der Waals surface area contributed by atoms with Crippen LogP contribution in [0.3, 0.4) is 0 Å². The van der Waals surface area contributed by atoms with Gasteiger partial charge in [0, 0.05) is 27.8 Å². The number of rotatable bonds is 10. The summed E-state index contributed by atoms with van der Waals surface area (Å²) in [6.45, 7) is 2.19. The molecule has 0 fully saturated rings. The van der Waals surface area contributed by atoms with Crippen LogP contribution in [-0.2, 0) is 6.42 Å². The third-order valence-corrected chi connectivity index (χ3v) is 10.1. The quantitative estimate of drug-likeness (QED) is 0.132. The summed E-state index contributed by atoms with van der Waals surface area (Å²) in [6.07, 6.45) is 4.96. The van der Waals surface area contributed by atoms with Crippen LogP contribution in [0.5, 0.6) is 0 Å². The second kappa shape index (κ2) is 15.5. The third kappa shape index (κ3) is 6.97. The summed E-state index contributed by atoms with van der Waals surface area (Å²) in [5.41, 5.74) is 10.2. The Bertz CT molecular complexity index is 2380. The zero-order chi connectivity index (χ0) is 36.0. The molecule has 0 unspecified atom stereocenters. The summed E-state index contributed by atoms with van der Waals surface area (Å²) < 4.78 is 0. The average Bonchev–Trinajstić information content (AvgIpc) is 3.25. The third-order valence-electron chi connectivity index (χ3n) is 9.28. The minimum atomic E-state index is 0.542. The number of hydrogen-bond donors (Lipinski definition) is 0. The van der Waals surface area contributed by atoms with E-state index in [1.165, 1.54) is 5.56 Å². The number of nitrogens with zero attached hydrogens (tertiary/aromatic N) is 5. The van der Waals surface area contributed by atoms with Gasteiger partial charge in [-0.3, -0.25) is 4.90 Å². The van der Waals surface area contributed by atoms with E-state index in [1.807, 2.05) is 72.9 Å². The molecule has 6 aromatic carbocycles. The normalized spacial score (nSPS) is 11.0. The fraction of sp³-hybridized carbons (Fsp3) is 0.0638. The van der Waals surface area contributed by atoms with Crippen LogP contribution in [0.15, 0.2) is 181 Å². The molecule has 0 N–H and O–H groups in total. The number of pyridine rings is 1. The summed E-state index contributed by atoms with van der Waals surface area (Å²) in [7, 11) is 0. The summed E-state index contributed by atoms with van der Waals surface area (Å²) >= 11 is 1.72. The van der Waals surface area contributed by atoms with Crippen molar-refractivity contribution in [3.8, 4) is 56.4 Å². The first-order valence-electron chi connectivity index (χ1n) is 17.7. The molecular formula is C47H37N5S. The maximum absolute atomic E-state index is 5.39. The van der Waals surface area contributed by atoms with E-state index in [-0.39, 0.29) is 0 Å². The van der Waals surface area contributed by atoms with Crippen LogP contribution in [0.2, 0.25) is 0 Å². The molecule has 2 heterocycles. The SMILES string of the molecule is CCc1ccccc1N(c1ccccc1SC)c1ncc(-c2ccccc2-c2ccccc2)cc1-c1nc(-c2ccccc2)nc(-c2ccccc2)n1. The Hall–Kier alpha value is -6.37. The van der Waals surface area contributed by atoms with Crippen molar-refractivity contribution in [1.82, 2.24) is 19.9 Å². The van der Waals surface area contributed by atoms with E-state index in [0.29, 0.717) is 17.5 Å². The highest BCUT2D eigenvalue weighted by Gasteiger charge is 2.26. The Morgan fingerprint density at radius 3 is 1.57 bits per heavy atom. The van der Waals surface area contributed by atoms with Crippen molar-refractivity contribution in [3.63, 3.8) is 0 Å². The molecule has 0 aliphatic rings. The minimum Gasteiger partial charge on any atom is -0.293 e. The van der Waals surface area contributed by atoms with Crippen LogP contribution in [0.25, 0.3) is 56.4 Å². The van der Waals surface area contributed by atoms with E-state index in [2.05, 4.69) is 121 Å². The lowest BCUT2D eigenvalue weighted by molar-refractivity contribution is 1.06. The van der Waals surface area contributed by atoms with Gasteiger partial charge in [0.2, 0.25) is 0 Å². The first-order valence-corrected chi connectivity index (χ1v) is 19.0. The molecule has 0 aliphatic carbocycles. The molecule has 256 valence electrons. The number of thioether (sulfide) groups is 1. The average molecular weight is 704 g/mol. The lowest BCUT2D eigenvalue weighted by Gasteiger charge is -2.30. The topological polar surface area (TPSA) is 54.8 Å². The fourth-order valence-electron chi connectivity index (χ4n) is 6.68. The standard InChI is InChI=1S/C47H37N5S/c1-3-33-19-13-16-28-41(33)52(42-29-17-18-30-43(42)53-2)47-40(31-37(32-48-47)39-27-15-14-26-38(39)34-20-7-4-8-21-34)46-50-44(35-22-9-5-10-23-35)49-45(51-46)36-24-11-6-12-25-36/h4-32H,3H2,1-2H3. The molecule has 0 amide bonds. The highest BCUT2D eigenvalue weighted by Crippen LogP contribution is 2.45. The molecule has 0 saturated carbocycles. The molecule has 0 saturated heterocycles. The second-order valence-corrected chi connectivity index (χ2v) is 13.4. The Morgan fingerprint density at radius 2 is 0.962 bits per heavy atom. The van der Waals surface area contributed by atoms with E-state index < -0.39 is 0 Å². The lowest BCUT2D eigenvalue weighted by atomic mass is 9.94. The van der Waals surface area contributed by atoms with E-state index in [4.69, 9.17) is 19.9 Å². The minimum absolute atomic E-state index is 0.542. The first kappa shape index (κ1) is 33.8. The molecule has 2 aromatic heterocycles. The number of hydrogen-bond acceptors (Lipinski definition) is 6. The van der Waals surface area contributed by atoms with E-state index >= 15 is 0 Å². The molecule has 53 heavy (non-hydrogen) atoms. The molecule has 6 heteroatoms. The van der Waals surface area contributed by atoms with Gasteiger partial charge < -0.3 is 0 Å². The largest absolute Gasteiger partial charge is 0.293 e. The van der Waals surface area contributed by atoms with E-state index in [1.54, 1.807) is 11.8 Å². The van der Waals surface area contributed by atoms with Gasteiger partial charge in [0.05, 0.1) is 16.9 Å². The highest BCUT2D eigenvalue weighted by molar-refractivity contribution is 7.98.